The van der Waals surface area contributed by atoms with Gasteiger partial charge in [0, 0.05) is 24.6 Å². The summed E-state index contributed by atoms with van der Waals surface area (Å²) < 4.78 is 9.19. The number of aromatic nitrogens is 2. The summed E-state index contributed by atoms with van der Waals surface area (Å²) >= 11 is 1.29. The minimum Gasteiger partial charge on any atom is -0.463 e. The van der Waals surface area contributed by atoms with Gasteiger partial charge in [0.05, 0.1) is 0 Å². The molecule has 0 saturated carbocycles. The van der Waals surface area contributed by atoms with Crippen molar-refractivity contribution in [1.82, 2.24) is 14.7 Å². The maximum atomic E-state index is 5.37. The average molecular weight is 157 g/mol. The van der Waals surface area contributed by atoms with Crippen LogP contribution in [0.15, 0.2) is 6.33 Å². The Kier molecular flexibility index (Phi) is 1.52. The number of nitrogens with zero attached hydrogens (tertiary/aromatic N) is 2. The van der Waals surface area contributed by atoms with Crippen LogP contribution in [0.1, 0.15) is 0 Å². The summed E-state index contributed by atoms with van der Waals surface area (Å²) in [6, 6.07) is 0. The molecule has 2 heterocycles. The molecule has 0 aliphatic carbocycles. The van der Waals surface area contributed by atoms with E-state index in [1.807, 2.05) is 0 Å². The molecule has 5 heteroatoms. The van der Waals surface area contributed by atoms with Crippen LogP contribution in [0, 0.1) is 0 Å². The molecule has 0 bridgehead atoms. The van der Waals surface area contributed by atoms with Crippen LogP contribution >= 0.6 is 11.5 Å². The Balaban J connectivity index is 1.90. The molecule has 4 nitrogen and oxygen atoms in total. The fraction of sp³-hybridized carbons (Fsp3) is 0.600. The van der Waals surface area contributed by atoms with Crippen molar-refractivity contribution in [2.45, 2.75) is 6.10 Å². The number of ether oxygens (including phenoxy) is 1. The molecule has 0 amide bonds. The van der Waals surface area contributed by atoms with Gasteiger partial charge < -0.3 is 10.1 Å². The van der Waals surface area contributed by atoms with Gasteiger partial charge in [0.1, 0.15) is 12.4 Å². The van der Waals surface area contributed by atoms with E-state index in [-0.39, 0.29) is 0 Å². The lowest BCUT2D eigenvalue weighted by Gasteiger charge is -2.25. The summed E-state index contributed by atoms with van der Waals surface area (Å²) in [6.45, 7) is 1.86. The molecule has 1 aliphatic rings. The Hall–Kier alpha value is -0.680. The zero-order valence-electron chi connectivity index (χ0n) is 5.28. The molecule has 0 aromatic carbocycles. The molecule has 10 heavy (non-hydrogen) atoms. The van der Waals surface area contributed by atoms with Crippen LogP contribution in [0.3, 0.4) is 0 Å². The summed E-state index contributed by atoms with van der Waals surface area (Å²) in [7, 11) is 0. The van der Waals surface area contributed by atoms with E-state index in [1.165, 1.54) is 17.9 Å². The second kappa shape index (κ2) is 2.51. The number of nitrogens with one attached hydrogen (secondary N) is 1. The second-order valence-corrected chi connectivity index (χ2v) is 2.85. The van der Waals surface area contributed by atoms with E-state index in [0.29, 0.717) is 11.3 Å². The number of hydrogen-bond donors (Lipinski definition) is 1. The topological polar surface area (TPSA) is 47.0 Å². The van der Waals surface area contributed by atoms with Crippen LogP contribution < -0.4 is 10.1 Å². The van der Waals surface area contributed by atoms with Crippen LogP contribution in [0.2, 0.25) is 0 Å². The van der Waals surface area contributed by atoms with Crippen molar-refractivity contribution >= 4 is 11.5 Å². The Morgan fingerprint density at radius 2 is 2.60 bits per heavy atom. The van der Waals surface area contributed by atoms with Gasteiger partial charge in [-0.3, -0.25) is 0 Å². The lowest BCUT2D eigenvalue weighted by Crippen LogP contribution is -2.50. The Labute approximate surface area is 62.4 Å². The Morgan fingerprint density at radius 1 is 1.70 bits per heavy atom. The van der Waals surface area contributed by atoms with Gasteiger partial charge in [-0.1, -0.05) is 0 Å². The smallest absolute Gasteiger partial charge is 0.293 e. The molecule has 1 N–H and O–H groups in total. The van der Waals surface area contributed by atoms with Gasteiger partial charge in [0.2, 0.25) is 0 Å². The normalized spacial score (nSPS) is 18.4. The zero-order valence-corrected chi connectivity index (χ0v) is 6.10. The maximum Gasteiger partial charge on any atom is 0.293 e. The molecule has 1 aromatic heterocycles. The van der Waals surface area contributed by atoms with Crippen molar-refractivity contribution in [3.63, 3.8) is 0 Å². The third kappa shape index (κ3) is 1.10. The fourth-order valence-corrected chi connectivity index (χ4v) is 1.16. The molecule has 1 aromatic rings. The summed E-state index contributed by atoms with van der Waals surface area (Å²) in [6.07, 6.45) is 1.82. The highest BCUT2D eigenvalue weighted by molar-refractivity contribution is 7.07. The summed E-state index contributed by atoms with van der Waals surface area (Å²) in [4.78, 5) is 3.90. The van der Waals surface area contributed by atoms with Gasteiger partial charge >= 0.3 is 0 Å². The first-order valence-electron chi connectivity index (χ1n) is 3.09. The third-order valence-electron chi connectivity index (χ3n) is 1.35. The molecular formula is C5H7N3OS. The van der Waals surface area contributed by atoms with E-state index in [2.05, 4.69) is 14.7 Å². The van der Waals surface area contributed by atoms with Gasteiger partial charge in [-0.2, -0.15) is 9.36 Å². The first kappa shape index (κ1) is 6.06. The monoisotopic (exact) mass is 157 g/mol. The van der Waals surface area contributed by atoms with Gasteiger partial charge in [-0.15, -0.1) is 0 Å². The SMILES string of the molecule is c1nsc(OC2CNC2)n1. The summed E-state index contributed by atoms with van der Waals surface area (Å²) in [5.74, 6) is 0. The minimum atomic E-state index is 0.313. The van der Waals surface area contributed by atoms with Crippen molar-refractivity contribution in [1.29, 1.82) is 0 Å². The first-order valence-corrected chi connectivity index (χ1v) is 3.86. The van der Waals surface area contributed by atoms with Crippen molar-refractivity contribution < 1.29 is 4.74 Å². The van der Waals surface area contributed by atoms with Crippen molar-refractivity contribution in [3.8, 4) is 5.19 Å². The van der Waals surface area contributed by atoms with E-state index in [9.17, 15) is 0 Å². The standard InChI is InChI=1S/C5H7N3OS/c1-4(2-6-1)9-5-7-3-8-10-5/h3-4,6H,1-2H2. The average Bonchev–Trinajstić information content (AvgIpc) is 2.29. The fourth-order valence-electron chi connectivity index (χ4n) is 0.703. The van der Waals surface area contributed by atoms with Crippen molar-refractivity contribution in [2.24, 2.45) is 0 Å². The molecule has 0 spiro atoms. The van der Waals surface area contributed by atoms with Gasteiger partial charge in [0.25, 0.3) is 5.19 Å². The molecule has 54 valence electrons. The quantitative estimate of drug-likeness (QED) is 0.650. The third-order valence-corrected chi connectivity index (χ3v) is 1.91. The minimum absolute atomic E-state index is 0.313. The molecular weight excluding hydrogens is 150 g/mol. The Bertz CT molecular complexity index is 197. The predicted molar refractivity (Wildman–Crippen MR) is 37.2 cm³/mol. The highest BCUT2D eigenvalue weighted by Gasteiger charge is 2.19. The largest absolute Gasteiger partial charge is 0.463 e. The van der Waals surface area contributed by atoms with E-state index in [1.54, 1.807) is 0 Å². The molecule has 1 saturated heterocycles. The second-order valence-electron chi connectivity index (χ2n) is 2.11. The lowest BCUT2D eigenvalue weighted by molar-refractivity contribution is 0.142. The maximum absolute atomic E-state index is 5.37. The van der Waals surface area contributed by atoms with Gasteiger partial charge in [0.15, 0.2) is 0 Å². The van der Waals surface area contributed by atoms with Crippen LogP contribution in [0.25, 0.3) is 0 Å². The Morgan fingerprint density at radius 3 is 3.10 bits per heavy atom. The molecule has 0 radical (unpaired) electrons. The zero-order chi connectivity index (χ0) is 6.81. The van der Waals surface area contributed by atoms with E-state index >= 15 is 0 Å². The van der Waals surface area contributed by atoms with Crippen LogP contribution in [-0.4, -0.2) is 28.6 Å². The predicted octanol–water partition coefficient (Wildman–Crippen LogP) is -0.111. The van der Waals surface area contributed by atoms with Crippen molar-refractivity contribution in [2.75, 3.05) is 13.1 Å². The van der Waals surface area contributed by atoms with Gasteiger partial charge in [-0.05, 0) is 0 Å². The van der Waals surface area contributed by atoms with E-state index in [4.69, 9.17) is 4.74 Å². The van der Waals surface area contributed by atoms with Crippen LogP contribution in [0.5, 0.6) is 5.19 Å². The van der Waals surface area contributed by atoms with E-state index < -0.39 is 0 Å². The van der Waals surface area contributed by atoms with Crippen LogP contribution in [0.4, 0.5) is 0 Å². The molecule has 1 fully saturated rings. The summed E-state index contributed by atoms with van der Waals surface area (Å²) in [5.41, 5.74) is 0. The molecule has 1 aliphatic heterocycles. The number of hydrogen-bond acceptors (Lipinski definition) is 5. The van der Waals surface area contributed by atoms with Crippen molar-refractivity contribution in [3.05, 3.63) is 6.33 Å². The molecule has 0 unspecified atom stereocenters. The molecule has 0 atom stereocenters. The lowest BCUT2D eigenvalue weighted by atomic mass is 10.2. The highest BCUT2D eigenvalue weighted by atomic mass is 32.1. The summed E-state index contributed by atoms with van der Waals surface area (Å²) in [5, 5.41) is 3.78. The van der Waals surface area contributed by atoms with E-state index in [0.717, 1.165) is 13.1 Å². The highest BCUT2D eigenvalue weighted by Crippen LogP contribution is 2.13. The van der Waals surface area contributed by atoms with Crippen LogP contribution in [-0.2, 0) is 0 Å². The number of rotatable bonds is 2. The molecule has 2 rings (SSSR count). The first-order chi connectivity index (χ1) is 4.95. The van der Waals surface area contributed by atoms with Gasteiger partial charge in [-0.25, -0.2) is 0 Å².